The van der Waals surface area contributed by atoms with Gasteiger partial charge in [0.2, 0.25) is 0 Å². The minimum absolute atomic E-state index is 0.0609. The highest BCUT2D eigenvalue weighted by Gasteiger charge is 2.08. The molecule has 0 saturated heterocycles. The van der Waals surface area contributed by atoms with Crippen molar-refractivity contribution in [2.75, 3.05) is 0 Å². The highest BCUT2D eigenvalue weighted by Crippen LogP contribution is 2.22. The van der Waals surface area contributed by atoms with Gasteiger partial charge in [0.05, 0.1) is 9.85 Å². The number of ether oxygens (including phenoxy) is 2. The van der Waals surface area contributed by atoms with Crippen molar-refractivity contribution in [3.8, 4) is 11.5 Å². The maximum Gasteiger partial charge on any atom is 0.282 e. The number of nitrogens with zero attached hydrogens (tertiary/aromatic N) is 2. The van der Waals surface area contributed by atoms with Gasteiger partial charge in [-0.25, -0.2) is 0 Å². The smallest absolute Gasteiger partial charge is 0.282 e. The van der Waals surface area contributed by atoms with Crippen LogP contribution >= 0.6 is 0 Å². The van der Waals surface area contributed by atoms with E-state index < -0.39 is 9.85 Å². The Morgan fingerprint density at radius 3 is 1.36 bits per heavy atom. The maximum absolute atomic E-state index is 10.5. The molecule has 0 aliphatic rings. The van der Waals surface area contributed by atoms with Crippen LogP contribution in [0.5, 0.6) is 11.5 Å². The van der Waals surface area contributed by atoms with Crippen LogP contribution in [0.15, 0.2) is 61.1 Å². The molecule has 2 rings (SSSR count). The molecular formula is C14H10N2O6. The number of hydrogen-bond acceptors (Lipinski definition) is 6. The lowest BCUT2D eigenvalue weighted by molar-refractivity contribution is -0.385. The largest absolute Gasteiger partial charge is 0.426 e. The Balaban J connectivity index is 1.97. The molecule has 0 aliphatic heterocycles. The molecule has 0 spiro atoms. The van der Waals surface area contributed by atoms with Gasteiger partial charge >= 0.3 is 0 Å². The van der Waals surface area contributed by atoms with E-state index in [1.165, 1.54) is 48.5 Å². The van der Waals surface area contributed by atoms with Crippen molar-refractivity contribution in [2.24, 2.45) is 0 Å². The van der Waals surface area contributed by atoms with Crippen molar-refractivity contribution in [1.29, 1.82) is 0 Å². The summed E-state index contributed by atoms with van der Waals surface area (Å²) in [6.45, 7) is 3.55. The van der Waals surface area contributed by atoms with Gasteiger partial charge in [0.25, 0.3) is 17.3 Å². The molecule has 0 atom stereocenters. The van der Waals surface area contributed by atoms with Crippen molar-refractivity contribution in [1.82, 2.24) is 0 Å². The fourth-order valence-electron chi connectivity index (χ4n) is 1.56. The van der Waals surface area contributed by atoms with Gasteiger partial charge in [-0.15, -0.1) is 0 Å². The molecule has 2 aromatic carbocycles. The van der Waals surface area contributed by atoms with Crippen LogP contribution in [0.1, 0.15) is 0 Å². The van der Waals surface area contributed by atoms with Crippen LogP contribution < -0.4 is 9.47 Å². The number of non-ortho nitro benzene ring substituents is 2. The first-order valence-corrected chi connectivity index (χ1v) is 5.99. The first-order chi connectivity index (χ1) is 10.5. The molecule has 0 heterocycles. The standard InChI is InChI=1S/C14H10N2O6/c1-10(21-13-6-2-11(3-7-13)15(17)18)22-14-8-4-12(5-9-14)16(19)20/h2-9H,1H2. The molecule has 0 N–H and O–H groups in total. The quantitative estimate of drug-likeness (QED) is 0.460. The van der Waals surface area contributed by atoms with E-state index in [1.807, 2.05) is 0 Å². The lowest BCUT2D eigenvalue weighted by Gasteiger charge is -2.09. The first kappa shape index (κ1) is 15.0. The van der Waals surface area contributed by atoms with Gasteiger partial charge in [-0.05, 0) is 30.8 Å². The van der Waals surface area contributed by atoms with Crippen LogP contribution in [-0.4, -0.2) is 9.85 Å². The molecule has 0 aliphatic carbocycles. The third-order valence-electron chi connectivity index (χ3n) is 2.56. The van der Waals surface area contributed by atoms with Crippen molar-refractivity contribution in [2.45, 2.75) is 0 Å². The second kappa shape index (κ2) is 6.35. The molecule has 0 fully saturated rings. The summed E-state index contributed by atoms with van der Waals surface area (Å²) in [5.74, 6) is 0.567. The van der Waals surface area contributed by atoms with Crippen molar-refractivity contribution >= 4 is 11.4 Å². The van der Waals surface area contributed by atoms with Gasteiger partial charge in [0.15, 0.2) is 0 Å². The summed E-state index contributed by atoms with van der Waals surface area (Å²) < 4.78 is 10.5. The molecule has 8 nitrogen and oxygen atoms in total. The van der Waals surface area contributed by atoms with E-state index in [0.717, 1.165) is 0 Å². The number of nitro benzene ring substituents is 2. The second-order valence-electron chi connectivity index (χ2n) is 4.08. The van der Waals surface area contributed by atoms with Crippen molar-refractivity contribution in [3.63, 3.8) is 0 Å². The van der Waals surface area contributed by atoms with Gasteiger partial charge in [0.1, 0.15) is 11.5 Å². The van der Waals surface area contributed by atoms with E-state index in [4.69, 9.17) is 9.47 Å². The van der Waals surface area contributed by atoms with Gasteiger partial charge < -0.3 is 9.47 Å². The van der Waals surface area contributed by atoms with E-state index in [9.17, 15) is 20.2 Å². The zero-order valence-electron chi connectivity index (χ0n) is 11.2. The minimum atomic E-state index is -0.522. The second-order valence-corrected chi connectivity index (χ2v) is 4.08. The number of hydrogen-bond donors (Lipinski definition) is 0. The summed E-state index contributed by atoms with van der Waals surface area (Å²) in [6, 6.07) is 10.8. The zero-order chi connectivity index (χ0) is 16.1. The molecule has 0 bridgehead atoms. The summed E-state index contributed by atoms with van der Waals surface area (Å²) >= 11 is 0. The van der Waals surface area contributed by atoms with Gasteiger partial charge in [-0.1, -0.05) is 0 Å². The topological polar surface area (TPSA) is 105 Å². The molecule has 0 aromatic heterocycles. The molecule has 0 radical (unpaired) electrons. The van der Waals surface area contributed by atoms with Crippen LogP contribution in [0.25, 0.3) is 0 Å². The monoisotopic (exact) mass is 302 g/mol. The van der Waals surface area contributed by atoms with Crippen LogP contribution in [-0.2, 0) is 0 Å². The first-order valence-electron chi connectivity index (χ1n) is 5.99. The summed E-state index contributed by atoms with van der Waals surface area (Å²) in [4.78, 5) is 20.0. The molecule has 2 aromatic rings. The normalized spacial score (nSPS) is 9.82. The molecule has 112 valence electrons. The minimum Gasteiger partial charge on any atom is -0.426 e. The lowest BCUT2D eigenvalue weighted by Crippen LogP contribution is -2.02. The Morgan fingerprint density at radius 2 is 1.09 bits per heavy atom. The van der Waals surface area contributed by atoms with Crippen LogP contribution in [0, 0.1) is 20.2 Å². The van der Waals surface area contributed by atoms with Crippen LogP contribution in [0.2, 0.25) is 0 Å². The number of rotatable bonds is 6. The molecule has 8 heteroatoms. The molecule has 0 amide bonds. The Bertz CT molecular complexity index is 648. The molecule has 0 unspecified atom stereocenters. The summed E-state index contributed by atoms with van der Waals surface area (Å²) in [7, 11) is 0. The highest BCUT2D eigenvalue weighted by molar-refractivity contribution is 5.38. The molecule has 22 heavy (non-hydrogen) atoms. The van der Waals surface area contributed by atoms with Gasteiger partial charge in [-0.3, -0.25) is 20.2 Å². The van der Waals surface area contributed by atoms with Crippen molar-refractivity contribution in [3.05, 3.63) is 81.3 Å². The lowest BCUT2D eigenvalue weighted by atomic mass is 10.3. The van der Waals surface area contributed by atoms with E-state index in [0.29, 0.717) is 11.5 Å². The predicted molar refractivity (Wildman–Crippen MR) is 76.6 cm³/mol. The molecule has 0 saturated carbocycles. The summed E-state index contributed by atoms with van der Waals surface area (Å²) in [6.07, 6.45) is 0. The van der Waals surface area contributed by atoms with E-state index >= 15 is 0 Å². The predicted octanol–water partition coefficient (Wildman–Crippen LogP) is 3.43. The van der Waals surface area contributed by atoms with Crippen molar-refractivity contribution < 1.29 is 19.3 Å². The third kappa shape index (κ3) is 3.79. The number of benzene rings is 2. The maximum atomic E-state index is 10.5. The third-order valence-corrected chi connectivity index (χ3v) is 2.56. The van der Waals surface area contributed by atoms with E-state index in [-0.39, 0.29) is 17.3 Å². The Labute approximate surface area is 124 Å². The highest BCUT2D eigenvalue weighted by atomic mass is 16.7. The Morgan fingerprint density at radius 1 is 0.773 bits per heavy atom. The Kier molecular flexibility index (Phi) is 4.33. The van der Waals surface area contributed by atoms with Gasteiger partial charge in [-0.2, -0.15) is 0 Å². The fourth-order valence-corrected chi connectivity index (χ4v) is 1.56. The van der Waals surface area contributed by atoms with E-state index in [1.54, 1.807) is 0 Å². The average Bonchev–Trinajstić information content (AvgIpc) is 2.48. The number of nitro groups is 2. The molecular weight excluding hydrogens is 292 g/mol. The summed E-state index contributed by atoms with van der Waals surface area (Å²) in [5, 5.41) is 21.1. The summed E-state index contributed by atoms with van der Waals surface area (Å²) in [5.41, 5.74) is -0.122. The average molecular weight is 302 g/mol. The fraction of sp³-hybridized carbons (Fsp3) is 0. The SMILES string of the molecule is C=C(Oc1ccc([N+](=O)[O-])cc1)Oc1ccc([N+](=O)[O-])cc1. The van der Waals surface area contributed by atoms with E-state index in [2.05, 4.69) is 6.58 Å². The van der Waals surface area contributed by atoms with Crippen LogP contribution in [0.4, 0.5) is 11.4 Å². The Hall–Kier alpha value is -3.42. The van der Waals surface area contributed by atoms with Gasteiger partial charge in [0, 0.05) is 24.3 Å². The van der Waals surface area contributed by atoms with Crippen LogP contribution in [0.3, 0.4) is 0 Å². The zero-order valence-corrected chi connectivity index (χ0v) is 11.2.